The Morgan fingerprint density at radius 3 is 2.54 bits per heavy atom. The Kier molecular flexibility index (Phi) is 4.99. The average Bonchev–Trinajstić information content (AvgIpc) is 2.93. The minimum absolute atomic E-state index is 0.0458. The zero-order valence-electron chi connectivity index (χ0n) is 14.9. The molecule has 0 saturated heterocycles. The highest BCUT2D eigenvalue weighted by Gasteiger charge is 2.12. The zero-order valence-corrected chi connectivity index (χ0v) is 15.7. The van der Waals surface area contributed by atoms with Gasteiger partial charge in [-0.25, -0.2) is 0 Å². The van der Waals surface area contributed by atoms with Gasteiger partial charge in [0.15, 0.2) is 4.80 Å². The lowest BCUT2D eigenvalue weighted by Crippen LogP contribution is -2.16. The highest BCUT2D eigenvalue weighted by molar-refractivity contribution is 7.16. The zero-order chi connectivity index (χ0) is 18.8. The molecule has 0 unspecified atom stereocenters. The first-order chi connectivity index (χ1) is 12.4. The Hall–Kier alpha value is -2.80. The summed E-state index contributed by atoms with van der Waals surface area (Å²) in [6.07, 6.45) is 0.928. The van der Waals surface area contributed by atoms with Crippen molar-refractivity contribution in [3.8, 4) is 0 Å². The summed E-state index contributed by atoms with van der Waals surface area (Å²) in [6.45, 7) is 6.97. The summed E-state index contributed by atoms with van der Waals surface area (Å²) in [7, 11) is 0. The van der Waals surface area contributed by atoms with E-state index in [1.807, 2.05) is 0 Å². The van der Waals surface area contributed by atoms with E-state index in [1.165, 1.54) is 46.7 Å². The smallest absolute Gasteiger partial charge is 0.279 e. The van der Waals surface area contributed by atoms with Crippen molar-refractivity contribution in [1.29, 1.82) is 0 Å². The van der Waals surface area contributed by atoms with Crippen LogP contribution in [0.5, 0.6) is 0 Å². The largest absolute Gasteiger partial charge is 0.316 e. The van der Waals surface area contributed by atoms with Crippen LogP contribution in [0.1, 0.15) is 34.8 Å². The molecule has 0 saturated carbocycles. The van der Waals surface area contributed by atoms with Crippen molar-refractivity contribution < 1.29 is 9.72 Å². The van der Waals surface area contributed by atoms with E-state index in [4.69, 9.17) is 0 Å². The molecule has 0 fully saturated rings. The number of hydrogen-bond acceptors (Lipinski definition) is 4. The number of carbonyl (C=O) groups excluding carboxylic acids is 1. The Labute approximate surface area is 154 Å². The minimum atomic E-state index is -0.488. The van der Waals surface area contributed by atoms with Crippen molar-refractivity contribution in [2.75, 3.05) is 0 Å². The van der Waals surface area contributed by atoms with Gasteiger partial charge in [-0.15, -0.1) is 0 Å². The van der Waals surface area contributed by atoms with E-state index in [-0.39, 0.29) is 5.69 Å². The van der Waals surface area contributed by atoms with Gasteiger partial charge in [0.2, 0.25) is 0 Å². The molecule has 1 aromatic heterocycles. The number of fused-ring (bicyclic) bond motifs is 1. The molecule has 1 heterocycles. The molecule has 6 nitrogen and oxygen atoms in total. The second kappa shape index (κ2) is 7.21. The van der Waals surface area contributed by atoms with Crippen LogP contribution >= 0.6 is 11.3 Å². The number of carbonyl (C=O) groups is 1. The van der Waals surface area contributed by atoms with Gasteiger partial charge in [0.25, 0.3) is 11.6 Å². The predicted molar refractivity (Wildman–Crippen MR) is 103 cm³/mol. The van der Waals surface area contributed by atoms with Crippen molar-refractivity contribution in [3.63, 3.8) is 0 Å². The van der Waals surface area contributed by atoms with E-state index >= 15 is 0 Å². The monoisotopic (exact) mass is 369 g/mol. The molecule has 0 atom stereocenters. The number of benzene rings is 2. The summed E-state index contributed by atoms with van der Waals surface area (Å²) in [5, 5.41) is 10.7. The first-order valence-electron chi connectivity index (χ1n) is 8.34. The molecule has 0 bridgehead atoms. The SMILES string of the molecule is CCCn1c(=NC(=O)c2ccc([N+](=O)[O-])cc2)sc2c(C)cc(C)cc21. The third-order valence-electron chi connectivity index (χ3n) is 4.08. The molecule has 0 radical (unpaired) electrons. The van der Waals surface area contributed by atoms with Crippen molar-refractivity contribution in [2.45, 2.75) is 33.7 Å². The molecule has 26 heavy (non-hydrogen) atoms. The van der Waals surface area contributed by atoms with E-state index in [1.54, 1.807) is 0 Å². The molecule has 0 N–H and O–H groups in total. The quantitative estimate of drug-likeness (QED) is 0.506. The second-order valence-corrected chi connectivity index (χ2v) is 7.16. The lowest BCUT2D eigenvalue weighted by atomic mass is 10.1. The van der Waals surface area contributed by atoms with Crippen molar-refractivity contribution in [1.82, 2.24) is 4.57 Å². The van der Waals surface area contributed by atoms with Crippen LogP contribution in [0.15, 0.2) is 41.4 Å². The van der Waals surface area contributed by atoms with Gasteiger partial charge in [0.1, 0.15) is 0 Å². The van der Waals surface area contributed by atoms with Crippen molar-refractivity contribution in [3.05, 3.63) is 68.0 Å². The summed E-state index contributed by atoms with van der Waals surface area (Å²) >= 11 is 1.50. The minimum Gasteiger partial charge on any atom is -0.316 e. The average molecular weight is 369 g/mol. The standard InChI is InChI=1S/C19H19N3O3S/c1-4-9-21-16-11-12(2)10-13(3)17(16)26-19(21)20-18(23)14-5-7-15(8-6-14)22(24)25/h5-8,10-11H,4,9H2,1-3H3. The Morgan fingerprint density at radius 1 is 1.23 bits per heavy atom. The number of hydrogen-bond donors (Lipinski definition) is 0. The highest BCUT2D eigenvalue weighted by atomic mass is 32.1. The van der Waals surface area contributed by atoms with Crippen LogP contribution in [0.2, 0.25) is 0 Å². The van der Waals surface area contributed by atoms with Crippen molar-refractivity contribution >= 4 is 33.1 Å². The number of nitro benzene ring substituents is 1. The maximum atomic E-state index is 12.5. The number of rotatable bonds is 4. The molecule has 3 aromatic rings. The normalized spacial score (nSPS) is 11.9. The van der Waals surface area contributed by atoms with E-state index < -0.39 is 10.8 Å². The molecular weight excluding hydrogens is 350 g/mol. The van der Waals surface area contributed by atoms with Gasteiger partial charge in [-0.3, -0.25) is 14.9 Å². The van der Waals surface area contributed by atoms with Crippen LogP contribution in [0.4, 0.5) is 5.69 Å². The van der Waals surface area contributed by atoms with Gasteiger partial charge < -0.3 is 4.57 Å². The molecule has 2 aromatic carbocycles. The lowest BCUT2D eigenvalue weighted by Gasteiger charge is -2.04. The van der Waals surface area contributed by atoms with Crippen LogP contribution in [0.3, 0.4) is 0 Å². The van der Waals surface area contributed by atoms with E-state index in [9.17, 15) is 14.9 Å². The number of amides is 1. The van der Waals surface area contributed by atoms with Gasteiger partial charge >= 0.3 is 0 Å². The van der Waals surface area contributed by atoms with E-state index in [0.717, 1.165) is 23.2 Å². The molecule has 134 valence electrons. The summed E-state index contributed by atoms with van der Waals surface area (Å²) in [6, 6.07) is 9.76. The number of nitro groups is 1. The van der Waals surface area contributed by atoms with Gasteiger partial charge in [-0.2, -0.15) is 4.99 Å². The molecule has 0 aliphatic rings. The number of nitrogens with zero attached hydrogens (tertiary/aromatic N) is 3. The first kappa shape index (κ1) is 18.0. The summed E-state index contributed by atoms with van der Waals surface area (Å²) in [5.41, 5.74) is 3.72. The van der Waals surface area contributed by atoms with Crippen LogP contribution in [0, 0.1) is 24.0 Å². The Balaban J connectivity index is 2.11. The molecule has 0 aliphatic heterocycles. The maximum absolute atomic E-state index is 12.5. The third-order valence-corrected chi connectivity index (χ3v) is 5.31. The van der Waals surface area contributed by atoms with Gasteiger partial charge in [0, 0.05) is 24.2 Å². The fourth-order valence-corrected chi connectivity index (χ4v) is 4.02. The molecule has 7 heteroatoms. The van der Waals surface area contributed by atoms with E-state index in [0.29, 0.717) is 10.4 Å². The molecular formula is C19H19N3O3S. The summed E-state index contributed by atoms with van der Waals surface area (Å²) in [4.78, 5) is 27.7. The number of aromatic nitrogens is 1. The fourth-order valence-electron chi connectivity index (χ4n) is 2.91. The fraction of sp³-hybridized carbons (Fsp3) is 0.263. The Morgan fingerprint density at radius 2 is 1.92 bits per heavy atom. The third kappa shape index (κ3) is 3.43. The molecule has 3 rings (SSSR count). The summed E-state index contributed by atoms with van der Waals surface area (Å²) < 4.78 is 3.20. The Bertz CT molecular complexity index is 1060. The van der Waals surface area contributed by atoms with Crippen LogP contribution in [-0.4, -0.2) is 15.4 Å². The highest BCUT2D eigenvalue weighted by Crippen LogP contribution is 2.24. The molecule has 0 spiro atoms. The second-order valence-electron chi connectivity index (χ2n) is 6.19. The van der Waals surface area contributed by atoms with Gasteiger partial charge in [-0.1, -0.05) is 24.3 Å². The number of non-ortho nitro benzene ring substituents is 1. The van der Waals surface area contributed by atoms with Crippen LogP contribution in [0.25, 0.3) is 10.2 Å². The maximum Gasteiger partial charge on any atom is 0.279 e. The van der Waals surface area contributed by atoms with Gasteiger partial charge in [-0.05, 0) is 49.6 Å². The van der Waals surface area contributed by atoms with Crippen LogP contribution in [-0.2, 0) is 6.54 Å². The molecule has 0 aliphatic carbocycles. The number of thiazole rings is 1. The van der Waals surface area contributed by atoms with Crippen molar-refractivity contribution in [2.24, 2.45) is 4.99 Å². The van der Waals surface area contributed by atoms with Gasteiger partial charge in [0.05, 0.1) is 15.1 Å². The topological polar surface area (TPSA) is 77.5 Å². The summed E-state index contributed by atoms with van der Waals surface area (Å²) in [5.74, 6) is -0.398. The molecule has 1 amide bonds. The van der Waals surface area contributed by atoms with Crippen LogP contribution < -0.4 is 4.80 Å². The number of aryl methyl sites for hydroxylation is 3. The predicted octanol–water partition coefficient (Wildman–Crippen LogP) is 4.38. The van der Waals surface area contributed by atoms with E-state index in [2.05, 4.69) is 42.5 Å². The lowest BCUT2D eigenvalue weighted by molar-refractivity contribution is -0.384. The first-order valence-corrected chi connectivity index (χ1v) is 9.16.